The molecule has 3 rings (SSSR count). The lowest BCUT2D eigenvalue weighted by atomic mass is 9.95. The molecule has 0 aromatic heterocycles. The van der Waals surface area contributed by atoms with Gasteiger partial charge in [0.2, 0.25) is 0 Å². The van der Waals surface area contributed by atoms with Gasteiger partial charge in [-0.15, -0.1) is 0 Å². The highest BCUT2D eigenvalue weighted by Crippen LogP contribution is 2.36. The van der Waals surface area contributed by atoms with Gasteiger partial charge in [-0.25, -0.2) is 4.79 Å². The van der Waals surface area contributed by atoms with E-state index in [0.29, 0.717) is 21.9 Å². The standard InChI is InChI=1S/C18H11F3O3/c19-18(20,21)11-6-4-10(5-7-11)12-2-1-3-14-13(12)8-9-15(16(14)22)17(23)24/h1-9,22H,(H,23,24). The highest BCUT2D eigenvalue weighted by molar-refractivity contribution is 6.05. The Labute approximate surface area is 134 Å². The Balaban J connectivity index is 2.17. The average molecular weight is 332 g/mol. The summed E-state index contributed by atoms with van der Waals surface area (Å²) in [7, 11) is 0. The molecule has 0 fully saturated rings. The van der Waals surface area contributed by atoms with Gasteiger partial charge in [-0.3, -0.25) is 0 Å². The summed E-state index contributed by atoms with van der Waals surface area (Å²) in [6.45, 7) is 0. The van der Waals surface area contributed by atoms with Gasteiger partial charge < -0.3 is 10.2 Å². The second-order valence-electron chi connectivity index (χ2n) is 5.24. The van der Waals surface area contributed by atoms with Crippen LogP contribution >= 0.6 is 0 Å². The molecule has 3 nitrogen and oxygen atoms in total. The van der Waals surface area contributed by atoms with E-state index >= 15 is 0 Å². The number of phenols is 1. The fourth-order valence-corrected chi connectivity index (χ4v) is 2.61. The van der Waals surface area contributed by atoms with E-state index in [1.165, 1.54) is 24.3 Å². The molecular formula is C18H11F3O3. The number of hydrogen-bond acceptors (Lipinski definition) is 2. The van der Waals surface area contributed by atoms with Crippen LogP contribution in [-0.2, 0) is 6.18 Å². The van der Waals surface area contributed by atoms with Crippen LogP contribution in [0.25, 0.3) is 21.9 Å². The number of carbonyl (C=O) groups is 1. The van der Waals surface area contributed by atoms with Crippen LogP contribution in [0.4, 0.5) is 13.2 Å². The van der Waals surface area contributed by atoms with Crippen molar-refractivity contribution in [2.75, 3.05) is 0 Å². The summed E-state index contributed by atoms with van der Waals surface area (Å²) in [5, 5.41) is 20.0. The predicted molar refractivity (Wildman–Crippen MR) is 83.0 cm³/mol. The maximum Gasteiger partial charge on any atom is 0.416 e. The molecule has 0 aliphatic carbocycles. The summed E-state index contributed by atoms with van der Waals surface area (Å²) in [6.07, 6.45) is -4.41. The van der Waals surface area contributed by atoms with Crippen molar-refractivity contribution in [3.05, 3.63) is 65.7 Å². The van der Waals surface area contributed by atoms with Crippen LogP contribution in [0, 0.1) is 0 Å². The Bertz CT molecular complexity index is 929. The molecule has 0 unspecified atom stereocenters. The molecule has 0 aliphatic rings. The van der Waals surface area contributed by atoms with E-state index in [2.05, 4.69) is 0 Å². The Hall–Kier alpha value is -3.02. The number of benzene rings is 3. The van der Waals surface area contributed by atoms with E-state index in [0.717, 1.165) is 12.1 Å². The molecule has 24 heavy (non-hydrogen) atoms. The Kier molecular flexibility index (Phi) is 3.67. The van der Waals surface area contributed by atoms with E-state index in [1.807, 2.05) is 0 Å². The van der Waals surface area contributed by atoms with Crippen LogP contribution in [0.5, 0.6) is 5.75 Å². The molecular weight excluding hydrogens is 321 g/mol. The van der Waals surface area contributed by atoms with Crippen molar-refractivity contribution in [3.63, 3.8) is 0 Å². The van der Waals surface area contributed by atoms with Gasteiger partial charge in [-0.2, -0.15) is 13.2 Å². The third-order valence-corrected chi connectivity index (χ3v) is 3.79. The number of aromatic carboxylic acids is 1. The minimum absolute atomic E-state index is 0.230. The number of aromatic hydroxyl groups is 1. The fraction of sp³-hybridized carbons (Fsp3) is 0.0556. The molecule has 3 aromatic rings. The third kappa shape index (κ3) is 2.67. The monoisotopic (exact) mass is 332 g/mol. The van der Waals surface area contributed by atoms with Gasteiger partial charge in [-0.1, -0.05) is 36.4 Å². The summed E-state index contributed by atoms with van der Waals surface area (Å²) in [4.78, 5) is 11.1. The smallest absolute Gasteiger partial charge is 0.416 e. The first-order valence-electron chi connectivity index (χ1n) is 6.94. The van der Waals surface area contributed by atoms with Gasteiger partial charge in [0.15, 0.2) is 0 Å². The minimum atomic E-state index is -4.41. The molecule has 0 atom stereocenters. The highest BCUT2D eigenvalue weighted by Gasteiger charge is 2.30. The number of hydrogen-bond donors (Lipinski definition) is 2. The second kappa shape index (κ2) is 5.56. The predicted octanol–water partition coefficient (Wildman–Crippen LogP) is 4.93. The first-order chi connectivity index (χ1) is 11.3. The minimum Gasteiger partial charge on any atom is -0.506 e. The second-order valence-corrected chi connectivity index (χ2v) is 5.24. The number of alkyl halides is 3. The van der Waals surface area contributed by atoms with Crippen molar-refractivity contribution >= 4 is 16.7 Å². The first kappa shape index (κ1) is 15.9. The summed E-state index contributed by atoms with van der Waals surface area (Å²) in [5.41, 5.74) is 0.166. The van der Waals surface area contributed by atoms with Crippen molar-refractivity contribution in [2.24, 2.45) is 0 Å². The fourth-order valence-electron chi connectivity index (χ4n) is 2.61. The van der Waals surface area contributed by atoms with Crippen molar-refractivity contribution in [2.45, 2.75) is 6.18 Å². The van der Waals surface area contributed by atoms with Crippen molar-refractivity contribution in [3.8, 4) is 16.9 Å². The van der Waals surface area contributed by atoms with Crippen LogP contribution in [0.2, 0.25) is 0 Å². The number of rotatable bonds is 2. The SMILES string of the molecule is O=C(O)c1ccc2c(-c3ccc(C(F)(F)F)cc3)cccc2c1O. The molecule has 0 aliphatic heterocycles. The molecule has 6 heteroatoms. The molecule has 122 valence electrons. The number of fused-ring (bicyclic) bond motifs is 1. The van der Waals surface area contributed by atoms with Gasteiger partial charge in [0, 0.05) is 5.39 Å². The normalized spacial score (nSPS) is 11.6. The molecule has 0 bridgehead atoms. The van der Waals surface area contributed by atoms with Gasteiger partial charge in [-0.05, 0) is 34.7 Å². The van der Waals surface area contributed by atoms with Crippen LogP contribution < -0.4 is 0 Å². The largest absolute Gasteiger partial charge is 0.506 e. The molecule has 3 aromatic carbocycles. The molecule has 0 amide bonds. The highest BCUT2D eigenvalue weighted by atomic mass is 19.4. The summed E-state index contributed by atoms with van der Waals surface area (Å²) in [6, 6.07) is 12.3. The number of halogens is 3. The number of carboxylic acid groups (broad SMARTS) is 1. The maximum absolute atomic E-state index is 12.7. The zero-order valence-electron chi connectivity index (χ0n) is 12.1. The number of carboxylic acids is 1. The van der Waals surface area contributed by atoms with Gasteiger partial charge >= 0.3 is 12.1 Å². The molecule has 0 heterocycles. The van der Waals surface area contributed by atoms with E-state index in [9.17, 15) is 23.1 Å². The Morgan fingerprint density at radius 1 is 0.875 bits per heavy atom. The topological polar surface area (TPSA) is 57.5 Å². The zero-order valence-corrected chi connectivity index (χ0v) is 12.1. The van der Waals surface area contributed by atoms with E-state index < -0.39 is 17.7 Å². The van der Waals surface area contributed by atoms with Gasteiger partial charge in [0.25, 0.3) is 0 Å². The summed E-state index contributed by atoms with van der Waals surface area (Å²) in [5.74, 6) is -1.62. The molecule has 2 N–H and O–H groups in total. The van der Waals surface area contributed by atoms with E-state index in [4.69, 9.17) is 5.11 Å². The van der Waals surface area contributed by atoms with Gasteiger partial charge in [0.05, 0.1) is 5.56 Å². The maximum atomic E-state index is 12.7. The third-order valence-electron chi connectivity index (χ3n) is 3.79. The van der Waals surface area contributed by atoms with Crippen LogP contribution in [0.1, 0.15) is 15.9 Å². The molecule has 0 radical (unpaired) electrons. The molecule has 0 spiro atoms. The van der Waals surface area contributed by atoms with Crippen LogP contribution in [0.3, 0.4) is 0 Å². The van der Waals surface area contributed by atoms with E-state index in [1.54, 1.807) is 18.2 Å². The van der Waals surface area contributed by atoms with Crippen LogP contribution in [0.15, 0.2) is 54.6 Å². The van der Waals surface area contributed by atoms with Gasteiger partial charge in [0.1, 0.15) is 11.3 Å². The zero-order chi connectivity index (χ0) is 17.5. The van der Waals surface area contributed by atoms with Crippen molar-refractivity contribution < 1.29 is 28.2 Å². The quantitative estimate of drug-likeness (QED) is 0.699. The van der Waals surface area contributed by atoms with Crippen molar-refractivity contribution in [1.82, 2.24) is 0 Å². The lowest BCUT2D eigenvalue weighted by molar-refractivity contribution is -0.137. The molecule has 0 saturated carbocycles. The Morgan fingerprint density at radius 3 is 2.12 bits per heavy atom. The lowest BCUT2D eigenvalue weighted by Gasteiger charge is -2.11. The van der Waals surface area contributed by atoms with Crippen molar-refractivity contribution in [1.29, 1.82) is 0 Å². The first-order valence-corrected chi connectivity index (χ1v) is 6.94. The molecule has 0 saturated heterocycles. The summed E-state index contributed by atoms with van der Waals surface area (Å²) >= 11 is 0. The summed E-state index contributed by atoms with van der Waals surface area (Å²) < 4.78 is 38.0. The lowest BCUT2D eigenvalue weighted by Crippen LogP contribution is -2.04. The van der Waals surface area contributed by atoms with E-state index in [-0.39, 0.29) is 11.3 Å². The van der Waals surface area contributed by atoms with Crippen LogP contribution in [-0.4, -0.2) is 16.2 Å². The average Bonchev–Trinajstić information content (AvgIpc) is 2.54. The Morgan fingerprint density at radius 2 is 1.54 bits per heavy atom.